The lowest BCUT2D eigenvalue weighted by atomic mass is 9.82. The van der Waals surface area contributed by atoms with Gasteiger partial charge >= 0.3 is 5.97 Å². The van der Waals surface area contributed by atoms with Crippen molar-refractivity contribution < 1.29 is 14.3 Å². The van der Waals surface area contributed by atoms with E-state index in [2.05, 4.69) is 40.0 Å². The third-order valence-corrected chi connectivity index (χ3v) is 7.80. The van der Waals surface area contributed by atoms with Crippen LogP contribution in [-0.4, -0.2) is 60.4 Å². The first kappa shape index (κ1) is 28.8. The molecule has 1 atom stereocenters. The lowest BCUT2D eigenvalue weighted by Crippen LogP contribution is -2.42. The van der Waals surface area contributed by atoms with Crippen molar-refractivity contribution in [2.45, 2.75) is 83.8 Å². The minimum absolute atomic E-state index is 0.111. The number of ether oxygens (including phenoxy) is 2. The average molecular weight is 535 g/mol. The molecule has 0 radical (unpaired) electrons. The number of nitriles is 1. The van der Waals surface area contributed by atoms with E-state index in [4.69, 9.17) is 14.5 Å². The smallest absolute Gasteiger partial charge is 0.307 e. The predicted octanol–water partition coefficient (Wildman–Crippen LogP) is 4.84. The summed E-state index contributed by atoms with van der Waals surface area (Å²) in [7, 11) is 0. The number of carbonyl (C=O) groups is 1. The molecule has 1 saturated heterocycles. The van der Waals surface area contributed by atoms with E-state index in [1.165, 1.54) is 0 Å². The first-order chi connectivity index (χ1) is 18.9. The van der Waals surface area contributed by atoms with Crippen LogP contribution in [-0.2, 0) is 14.3 Å². The summed E-state index contributed by atoms with van der Waals surface area (Å²) in [4.78, 5) is 21.3. The van der Waals surface area contributed by atoms with E-state index in [1.807, 2.05) is 38.2 Å². The zero-order valence-corrected chi connectivity index (χ0v) is 23.5. The maximum absolute atomic E-state index is 11.7. The van der Waals surface area contributed by atoms with E-state index in [1.54, 1.807) is 0 Å². The first-order valence-corrected chi connectivity index (χ1v) is 14.2. The number of pyridine rings is 2. The topological polar surface area (TPSA) is 121 Å². The summed E-state index contributed by atoms with van der Waals surface area (Å²) in [5.41, 5.74) is 2.57. The van der Waals surface area contributed by atoms with Crippen LogP contribution in [0.4, 0.5) is 11.6 Å². The maximum Gasteiger partial charge on any atom is 0.307 e. The number of nitrogens with one attached hydrogen (secondary N) is 3. The van der Waals surface area contributed by atoms with Gasteiger partial charge in [0.25, 0.3) is 0 Å². The van der Waals surface area contributed by atoms with Crippen molar-refractivity contribution in [3.63, 3.8) is 0 Å². The molecular weight excluding hydrogens is 492 g/mol. The monoisotopic (exact) mass is 534 g/mol. The van der Waals surface area contributed by atoms with Gasteiger partial charge in [0, 0.05) is 49.6 Å². The van der Waals surface area contributed by atoms with Gasteiger partial charge in [-0.15, -0.1) is 0 Å². The molecule has 2 aromatic rings. The molecule has 1 aliphatic heterocycles. The highest BCUT2D eigenvalue weighted by Gasteiger charge is 2.32. The van der Waals surface area contributed by atoms with Crippen LogP contribution in [0.2, 0.25) is 0 Å². The van der Waals surface area contributed by atoms with Crippen LogP contribution in [0, 0.1) is 23.7 Å². The Labute approximate surface area is 232 Å². The molecule has 0 unspecified atom stereocenters. The van der Waals surface area contributed by atoms with Gasteiger partial charge in [0.05, 0.1) is 30.2 Å². The third kappa shape index (κ3) is 8.13. The predicted molar refractivity (Wildman–Crippen MR) is 152 cm³/mol. The van der Waals surface area contributed by atoms with E-state index in [-0.39, 0.29) is 12.0 Å². The van der Waals surface area contributed by atoms with Crippen molar-refractivity contribution in [2.24, 2.45) is 5.41 Å². The Morgan fingerprint density at radius 1 is 1.21 bits per heavy atom. The molecule has 210 valence electrons. The third-order valence-electron chi connectivity index (χ3n) is 7.80. The highest BCUT2D eigenvalue weighted by molar-refractivity contribution is 5.70. The number of nitrogens with zero attached hydrogens (tertiary/aromatic N) is 3. The zero-order valence-electron chi connectivity index (χ0n) is 23.5. The highest BCUT2D eigenvalue weighted by atomic mass is 16.5. The molecule has 3 heterocycles. The van der Waals surface area contributed by atoms with Gasteiger partial charge in [-0.2, -0.15) is 5.26 Å². The fourth-order valence-electron chi connectivity index (χ4n) is 5.46. The minimum Gasteiger partial charge on any atom is -0.466 e. The normalized spacial score (nSPS) is 21.4. The number of hydrogen-bond acceptors (Lipinski definition) is 9. The molecule has 9 nitrogen and oxygen atoms in total. The summed E-state index contributed by atoms with van der Waals surface area (Å²) in [6, 6.07) is 11.4. The second-order valence-electron chi connectivity index (χ2n) is 10.9. The SMILES string of the molecule is CCOC(=O)C[C@H](C)NC1CCC(Nc2cc(-c3cccc(NCC4(C#N)CCOCC4)n3)c(C)cn2)CC1. The van der Waals surface area contributed by atoms with Gasteiger partial charge in [-0.1, -0.05) is 6.07 Å². The quantitative estimate of drug-likeness (QED) is 0.348. The Hall–Kier alpha value is -3.22. The Balaban J connectivity index is 1.33. The molecule has 2 aromatic heterocycles. The molecule has 4 rings (SSSR count). The Morgan fingerprint density at radius 2 is 1.95 bits per heavy atom. The van der Waals surface area contributed by atoms with Crippen molar-refractivity contribution in [3.8, 4) is 17.3 Å². The van der Waals surface area contributed by atoms with Crippen LogP contribution >= 0.6 is 0 Å². The molecule has 39 heavy (non-hydrogen) atoms. The van der Waals surface area contributed by atoms with Crippen molar-refractivity contribution in [1.29, 1.82) is 5.26 Å². The molecule has 1 aliphatic carbocycles. The number of anilines is 2. The molecule has 2 fully saturated rings. The lowest BCUT2D eigenvalue weighted by Gasteiger charge is -2.32. The first-order valence-electron chi connectivity index (χ1n) is 14.2. The van der Waals surface area contributed by atoms with Crippen LogP contribution in [0.3, 0.4) is 0 Å². The Kier molecular flexibility index (Phi) is 10.1. The Morgan fingerprint density at radius 3 is 2.67 bits per heavy atom. The summed E-state index contributed by atoms with van der Waals surface area (Å²) in [5.74, 6) is 1.48. The summed E-state index contributed by atoms with van der Waals surface area (Å²) in [5, 5.41) is 20.4. The Bertz CT molecular complexity index is 1140. The lowest BCUT2D eigenvalue weighted by molar-refractivity contribution is -0.143. The van der Waals surface area contributed by atoms with Crippen LogP contribution in [0.15, 0.2) is 30.5 Å². The number of hydrogen-bond donors (Lipinski definition) is 3. The second kappa shape index (κ2) is 13.7. The molecule has 1 saturated carbocycles. The molecule has 0 amide bonds. The van der Waals surface area contributed by atoms with E-state index in [0.717, 1.165) is 67.0 Å². The fourth-order valence-corrected chi connectivity index (χ4v) is 5.46. The van der Waals surface area contributed by atoms with Gasteiger partial charge < -0.3 is 25.4 Å². The van der Waals surface area contributed by atoms with Crippen molar-refractivity contribution in [1.82, 2.24) is 15.3 Å². The maximum atomic E-state index is 11.7. The molecular formula is C30H42N6O3. The van der Waals surface area contributed by atoms with Crippen molar-refractivity contribution in [2.75, 3.05) is 37.0 Å². The minimum atomic E-state index is -0.410. The molecule has 0 aromatic carbocycles. The second-order valence-corrected chi connectivity index (χ2v) is 10.9. The highest BCUT2D eigenvalue weighted by Crippen LogP contribution is 2.31. The van der Waals surface area contributed by atoms with Gasteiger partial charge in [0.15, 0.2) is 0 Å². The summed E-state index contributed by atoms with van der Waals surface area (Å²) < 4.78 is 10.5. The van der Waals surface area contributed by atoms with E-state index < -0.39 is 5.41 Å². The standard InChI is InChI=1S/C30H42N6O3/c1-4-39-29(37)16-22(3)34-23-8-10-24(11-9-23)35-28-17-25(21(2)18-32-28)26-6-5-7-27(36-26)33-20-30(19-31)12-14-38-15-13-30/h5-7,17-18,22-24,34H,4,8-16,20H2,1-3H3,(H,32,35)(H,33,36)/t22-,23?,24?/m0/s1. The van der Waals surface area contributed by atoms with E-state index in [0.29, 0.717) is 44.9 Å². The fraction of sp³-hybridized carbons (Fsp3) is 0.600. The largest absolute Gasteiger partial charge is 0.466 e. The van der Waals surface area contributed by atoms with Gasteiger partial charge in [0.1, 0.15) is 11.6 Å². The summed E-state index contributed by atoms with van der Waals surface area (Å²) >= 11 is 0. The molecule has 3 N–H and O–H groups in total. The number of carbonyl (C=O) groups excluding carboxylic acids is 1. The van der Waals surface area contributed by atoms with Crippen LogP contribution in [0.5, 0.6) is 0 Å². The molecule has 2 aliphatic rings. The van der Waals surface area contributed by atoms with Gasteiger partial charge in [0.2, 0.25) is 0 Å². The van der Waals surface area contributed by atoms with Gasteiger partial charge in [-0.3, -0.25) is 4.79 Å². The van der Waals surface area contributed by atoms with Crippen LogP contribution in [0.25, 0.3) is 11.3 Å². The number of esters is 1. The summed E-state index contributed by atoms with van der Waals surface area (Å²) in [6.07, 6.45) is 7.95. The molecule has 0 spiro atoms. The number of aryl methyl sites for hydroxylation is 1. The van der Waals surface area contributed by atoms with Gasteiger partial charge in [-0.25, -0.2) is 9.97 Å². The van der Waals surface area contributed by atoms with Crippen LogP contribution in [0.1, 0.15) is 64.4 Å². The van der Waals surface area contributed by atoms with Crippen molar-refractivity contribution in [3.05, 3.63) is 36.0 Å². The molecule has 0 bridgehead atoms. The molecule has 9 heteroatoms. The average Bonchev–Trinajstić information content (AvgIpc) is 2.95. The van der Waals surface area contributed by atoms with Crippen molar-refractivity contribution >= 4 is 17.6 Å². The van der Waals surface area contributed by atoms with Crippen LogP contribution < -0.4 is 16.0 Å². The van der Waals surface area contributed by atoms with Gasteiger partial charge in [-0.05, 0) is 83.1 Å². The summed E-state index contributed by atoms with van der Waals surface area (Å²) in [6.45, 7) is 8.17. The number of aromatic nitrogens is 2. The number of rotatable bonds is 11. The zero-order chi connectivity index (χ0) is 27.7. The van der Waals surface area contributed by atoms with E-state index >= 15 is 0 Å². The van der Waals surface area contributed by atoms with E-state index in [9.17, 15) is 10.1 Å².